The Labute approximate surface area is 161 Å². The molecule has 0 fully saturated rings. The summed E-state index contributed by atoms with van der Waals surface area (Å²) in [4.78, 5) is 24.3. The monoisotopic (exact) mass is 410 g/mol. The molecule has 10 heteroatoms. The molecule has 2 amide bonds. The summed E-state index contributed by atoms with van der Waals surface area (Å²) < 4.78 is 25.3. The van der Waals surface area contributed by atoms with Crippen LogP contribution in [0.1, 0.15) is 31.0 Å². The number of anilines is 1. The van der Waals surface area contributed by atoms with E-state index in [1.165, 1.54) is 4.68 Å². The highest BCUT2D eigenvalue weighted by molar-refractivity contribution is 7.90. The van der Waals surface area contributed by atoms with Gasteiger partial charge in [-0.05, 0) is 24.6 Å². The Balaban J connectivity index is 1.93. The SMILES string of the molecule is CCCCNC(=O)C(=O)Nc1c2c(nn1-c1cccc(Cl)c1)CS(=O)(=O)C2. The third-order valence-electron chi connectivity index (χ3n) is 4.09. The van der Waals surface area contributed by atoms with Crippen LogP contribution in [-0.2, 0) is 30.9 Å². The predicted molar refractivity (Wildman–Crippen MR) is 101 cm³/mol. The smallest absolute Gasteiger partial charge is 0.314 e. The maximum absolute atomic E-state index is 12.3. The predicted octanol–water partition coefficient (Wildman–Crippen LogP) is 1.81. The average molecular weight is 411 g/mol. The van der Waals surface area contributed by atoms with Gasteiger partial charge in [0.1, 0.15) is 5.82 Å². The summed E-state index contributed by atoms with van der Waals surface area (Å²) in [7, 11) is -3.32. The molecular weight excluding hydrogens is 392 g/mol. The van der Waals surface area contributed by atoms with Gasteiger partial charge in [0.2, 0.25) is 0 Å². The summed E-state index contributed by atoms with van der Waals surface area (Å²) in [5.41, 5.74) is 1.30. The van der Waals surface area contributed by atoms with Crippen molar-refractivity contribution in [2.24, 2.45) is 0 Å². The molecule has 144 valence electrons. The number of nitrogens with zero attached hydrogens (tertiary/aromatic N) is 2. The molecule has 0 saturated carbocycles. The molecule has 8 nitrogen and oxygen atoms in total. The van der Waals surface area contributed by atoms with E-state index in [9.17, 15) is 18.0 Å². The van der Waals surface area contributed by atoms with Crippen LogP contribution in [0.25, 0.3) is 5.69 Å². The molecular formula is C17H19ClN4O4S. The van der Waals surface area contributed by atoms with Gasteiger partial charge in [0.05, 0.1) is 22.9 Å². The minimum absolute atomic E-state index is 0.170. The first-order valence-corrected chi connectivity index (χ1v) is 10.7. The lowest BCUT2D eigenvalue weighted by Gasteiger charge is -2.11. The van der Waals surface area contributed by atoms with Crippen LogP contribution in [-0.4, -0.2) is 36.6 Å². The summed E-state index contributed by atoms with van der Waals surface area (Å²) in [6.07, 6.45) is 1.64. The van der Waals surface area contributed by atoms with E-state index in [0.717, 1.165) is 12.8 Å². The van der Waals surface area contributed by atoms with Crippen LogP contribution >= 0.6 is 11.6 Å². The third kappa shape index (κ3) is 4.30. The third-order valence-corrected chi connectivity index (χ3v) is 5.77. The van der Waals surface area contributed by atoms with E-state index in [0.29, 0.717) is 28.5 Å². The number of amides is 2. The number of rotatable bonds is 5. The highest BCUT2D eigenvalue weighted by Gasteiger charge is 2.33. The molecule has 2 N–H and O–H groups in total. The van der Waals surface area contributed by atoms with E-state index < -0.39 is 21.7 Å². The molecule has 0 atom stereocenters. The van der Waals surface area contributed by atoms with Crippen molar-refractivity contribution in [2.45, 2.75) is 31.3 Å². The molecule has 0 radical (unpaired) electrons. The van der Waals surface area contributed by atoms with Crippen LogP contribution in [0.3, 0.4) is 0 Å². The fraction of sp³-hybridized carbons (Fsp3) is 0.353. The zero-order valence-corrected chi connectivity index (χ0v) is 16.2. The number of aromatic nitrogens is 2. The Morgan fingerprint density at radius 3 is 2.74 bits per heavy atom. The van der Waals surface area contributed by atoms with Gasteiger partial charge < -0.3 is 10.6 Å². The molecule has 1 aromatic heterocycles. The number of nitrogens with one attached hydrogen (secondary N) is 2. The van der Waals surface area contributed by atoms with Crippen molar-refractivity contribution in [3.05, 3.63) is 40.5 Å². The number of benzene rings is 1. The summed E-state index contributed by atoms with van der Waals surface area (Å²) in [6.45, 7) is 2.36. The number of sulfone groups is 1. The highest BCUT2D eigenvalue weighted by Crippen LogP contribution is 2.33. The molecule has 27 heavy (non-hydrogen) atoms. The van der Waals surface area contributed by atoms with Crippen LogP contribution in [0.5, 0.6) is 0 Å². The van der Waals surface area contributed by atoms with Crippen LogP contribution in [0.15, 0.2) is 24.3 Å². The number of hydrogen-bond acceptors (Lipinski definition) is 5. The zero-order chi connectivity index (χ0) is 19.6. The van der Waals surface area contributed by atoms with Gasteiger partial charge >= 0.3 is 11.8 Å². The van der Waals surface area contributed by atoms with Gasteiger partial charge in [-0.3, -0.25) is 9.59 Å². The summed E-state index contributed by atoms with van der Waals surface area (Å²) in [6, 6.07) is 6.76. The maximum Gasteiger partial charge on any atom is 0.314 e. The number of carbonyl (C=O) groups excluding carboxylic acids is 2. The molecule has 1 aliphatic rings. The van der Waals surface area contributed by atoms with Crippen molar-refractivity contribution in [1.29, 1.82) is 0 Å². The van der Waals surface area contributed by atoms with E-state index in [2.05, 4.69) is 15.7 Å². The lowest BCUT2D eigenvalue weighted by atomic mass is 10.2. The quantitative estimate of drug-likeness (QED) is 0.577. The summed E-state index contributed by atoms with van der Waals surface area (Å²) >= 11 is 6.03. The second-order valence-electron chi connectivity index (χ2n) is 6.26. The molecule has 2 heterocycles. The largest absolute Gasteiger partial charge is 0.348 e. The lowest BCUT2D eigenvalue weighted by Crippen LogP contribution is -2.36. The molecule has 0 spiro atoms. The van der Waals surface area contributed by atoms with Gasteiger partial charge in [-0.15, -0.1) is 0 Å². The minimum atomic E-state index is -3.32. The van der Waals surface area contributed by atoms with Crippen molar-refractivity contribution in [2.75, 3.05) is 11.9 Å². The maximum atomic E-state index is 12.3. The molecule has 1 aromatic carbocycles. The minimum Gasteiger partial charge on any atom is -0.348 e. The van der Waals surface area contributed by atoms with Crippen molar-refractivity contribution < 1.29 is 18.0 Å². The molecule has 3 rings (SSSR count). The van der Waals surface area contributed by atoms with E-state index in [-0.39, 0.29) is 17.3 Å². The summed E-state index contributed by atoms with van der Waals surface area (Å²) in [5.74, 6) is -1.93. The standard InChI is InChI=1S/C17H19ClN4O4S/c1-2-3-7-19-16(23)17(24)20-15-13-9-27(25,26)10-14(13)21-22(15)12-6-4-5-11(18)8-12/h4-6,8H,2-3,7,9-10H2,1H3,(H,19,23)(H,20,24). The number of carbonyl (C=O) groups is 2. The van der Waals surface area contributed by atoms with Gasteiger partial charge in [-0.2, -0.15) is 5.10 Å². The van der Waals surface area contributed by atoms with Crippen molar-refractivity contribution in [1.82, 2.24) is 15.1 Å². The molecule has 0 bridgehead atoms. The molecule has 2 aromatic rings. The topological polar surface area (TPSA) is 110 Å². The van der Waals surface area contributed by atoms with Crippen molar-refractivity contribution in [3.63, 3.8) is 0 Å². The first kappa shape index (κ1) is 19.4. The average Bonchev–Trinajstić information content (AvgIpc) is 3.07. The van der Waals surface area contributed by atoms with Gasteiger partial charge in [0.15, 0.2) is 9.84 Å². The van der Waals surface area contributed by atoms with E-state index in [4.69, 9.17) is 11.6 Å². The Kier molecular flexibility index (Phi) is 5.52. The lowest BCUT2D eigenvalue weighted by molar-refractivity contribution is -0.136. The number of fused-ring (bicyclic) bond motifs is 1. The number of unbranched alkanes of at least 4 members (excludes halogenated alkanes) is 1. The second-order valence-corrected chi connectivity index (χ2v) is 8.76. The number of halogens is 1. The fourth-order valence-electron chi connectivity index (χ4n) is 2.79. The van der Waals surface area contributed by atoms with E-state index in [1.54, 1.807) is 24.3 Å². The van der Waals surface area contributed by atoms with Crippen LogP contribution in [0, 0.1) is 0 Å². The van der Waals surface area contributed by atoms with E-state index in [1.807, 2.05) is 6.92 Å². The van der Waals surface area contributed by atoms with Gasteiger partial charge in [-0.25, -0.2) is 13.1 Å². The first-order valence-electron chi connectivity index (χ1n) is 8.47. The van der Waals surface area contributed by atoms with Crippen molar-refractivity contribution in [3.8, 4) is 5.69 Å². The Morgan fingerprint density at radius 2 is 2.04 bits per heavy atom. The van der Waals surface area contributed by atoms with Crippen molar-refractivity contribution >= 4 is 39.1 Å². The highest BCUT2D eigenvalue weighted by atomic mass is 35.5. The molecule has 0 unspecified atom stereocenters. The number of hydrogen-bond donors (Lipinski definition) is 2. The zero-order valence-electron chi connectivity index (χ0n) is 14.7. The van der Waals surface area contributed by atoms with Crippen LogP contribution in [0.4, 0.5) is 5.82 Å². The second kappa shape index (κ2) is 7.69. The van der Waals surface area contributed by atoms with Gasteiger partial charge in [0, 0.05) is 17.1 Å². The fourth-order valence-corrected chi connectivity index (χ4v) is 4.47. The van der Waals surface area contributed by atoms with Crippen LogP contribution in [0.2, 0.25) is 5.02 Å². The Morgan fingerprint density at radius 1 is 1.26 bits per heavy atom. The van der Waals surface area contributed by atoms with E-state index >= 15 is 0 Å². The van der Waals surface area contributed by atoms with Gasteiger partial charge in [-0.1, -0.05) is 31.0 Å². The van der Waals surface area contributed by atoms with Crippen LogP contribution < -0.4 is 10.6 Å². The normalized spacial score (nSPS) is 14.6. The Hall–Kier alpha value is -2.39. The molecule has 0 aliphatic carbocycles. The molecule has 0 saturated heterocycles. The first-order chi connectivity index (χ1) is 12.8. The van der Waals surface area contributed by atoms with Gasteiger partial charge in [0.25, 0.3) is 0 Å². The summed E-state index contributed by atoms with van der Waals surface area (Å²) in [5, 5.41) is 9.82. The Bertz CT molecular complexity index is 1000. The molecule has 1 aliphatic heterocycles.